The zero-order valence-electron chi connectivity index (χ0n) is 12.6. The van der Waals surface area contributed by atoms with Crippen molar-refractivity contribution < 1.29 is 13.2 Å². The molecule has 0 saturated heterocycles. The zero-order valence-corrected chi connectivity index (χ0v) is 12.6. The number of benzene rings is 2. The second-order valence-electron chi connectivity index (χ2n) is 5.07. The van der Waals surface area contributed by atoms with Crippen molar-refractivity contribution >= 4 is 23.1 Å². The Kier molecular flexibility index (Phi) is 4.33. The van der Waals surface area contributed by atoms with Crippen LogP contribution >= 0.6 is 0 Å². The van der Waals surface area contributed by atoms with Crippen molar-refractivity contribution in [3.05, 3.63) is 71.7 Å². The van der Waals surface area contributed by atoms with E-state index in [-0.39, 0.29) is 17.3 Å². The first-order chi connectivity index (χ1) is 11.5. The summed E-state index contributed by atoms with van der Waals surface area (Å²) in [5.41, 5.74) is 0.891. The van der Waals surface area contributed by atoms with Crippen LogP contribution in [0.1, 0.15) is 5.69 Å². The van der Waals surface area contributed by atoms with Crippen LogP contribution in [0.3, 0.4) is 0 Å². The third kappa shape index (κ3) is 3.62. The molecule has 24 heavy (non-hydrogen) atoms. The quantitative estimate of drug-likeness (QED) is 0.729. The lowest BCUT2D eigenvalue weighted by atomic mass is 10.3. The van der Waals surface area contributed by atoms with Gasteiger partial charge in [-0.2, -0.15) is 4.98 Å². The van der Waals surface area contributed by atoms with Gasteiger partial charge in [-0.1, -0.05) is 12.1 Å². The van der Waals surface area contributed by atoms with E-state index in [0.29, 0.717) is 11.5 Å². The van der Waals surface area contributed by atoms with Crippen LogP contribution in [0.25, 0.3) is 0 Å². The normalized spacial score (nSPS) is 10.5. The number of nitrogens with one attached hydrogen (secondary N) is 2. The maximum Gasteiger partial charge on any atom is 0.229 e. The van der Waals surface area contributed by atoms with E-state index in [1.54, 1.807) is 31.2 Å². The summed E-state index contributed by atoms with van der Waals surface area (Å²) >= 11 is 0. The summed E-state index contributed by atoms with van der Waals surface area (Å²) in [6.45, 7) is 1.72. The topological polar surface area (TPSA) is 49.8 Å². The Morgan fingerprint density at radius 2 is 1.54 bits per heavy atom. The lowest BCUT2D eigenvalue weighted by molar-refractivity contribution is 0.586. The van der Waals surface area contributed by atoms with Crippen LogP contribution in [0.15, 0.2) is 48.5 Å². The van der Waals surface area contributed by atoms with Crippen molar-refractivity contribution in [1.82, 2.24) is 9.97 Å². The van der Waals surface area contributed by atoms with Crippen molar-refractivity contribution in [2.45, 2.75) is 6.92 Å². The molecule has 4 nitrogen and oxygen atoms in total. The lowest BCUT2D eigenvalue weighted by Gasteiger charge is -2.11. The van der Waals surface area contributed by atoms with Gasteiger partial charge in [-0.15, -0.1) is 0 Å². The van der Waals surface area contributed by atoms with E-state index in [1.807, 2.05) is 0 Å². The molecule has 3 aromatic rings. The molecule has 0 aliphatic carbocycles. The SMILES string of the molecule is Cc1cc(Nc2ccccc2F)nc(Nc2ccc(F)cc2F)n1. The number of hydrogen-bond acceptors (Lipinski definition) is 4. The minimum atomic E-state index is -0.760. The molecular formula is C17H13F3N4. The molecule has 2 N–H and O–H groups in total. The lowest BCUT2D eigenvalue weighted by Crippen LogP contribution is -2.04. The van der Waals surface area contributed by atoms with Crippen LogP contribution < -0.4 is 10.6 Å². The minimum absolute atomic E-state index is 0.0406. The van der Waals surface area contributed by atoms with E-state index in [2.05, 4.69) is 20.6 Å². The van der Waals surface area contributed by atoms with Gasteiger partial charge >= 0.3 is 0 Å². The van der Waals surface area contributed by atoms with Gasteiger partial charge in [0.25, 0.3) is 0 Å². The second kappa shape index (κ2) is 6.57. The highest BCUT2D eigenvalue weighted by molar-refractivity contribution is 5.60. The number of rotatable bonds is 4. The Hall–Kier alpha value is -3.09. The van der Waals surface area contributed by atoms with Crippen molar-refractivity contribution in [2.75, 3.05) is 10.6 Å². The average molecular weight is 330 g/mol. The number of aryl methyl sites for hydroxylation is 1. The smallest absolute Gasteiger partial charge is 0.229 e. The molecule has 1 heterocycles. The molecule has 3 rings (SSSR count). The predicted octanol–water partition coefficient (Wildman–Crippen LogP) is 4.69. The molecule has 0 bridgehead atoms. The van der Waals surface area contributed by atoms with Crippen LogP contribution in [-0.4, -0.2) is 9.97 Å². The van der Waals surface area contributed by atoms with Crippen LogP contribution in [-0.2, 0) is 0 Å². The molecule has 0 amide bonds. The third-order valence-corrected chi connectivity index (χ3v) is 3.17. The Morgan fingerprint density at radius 3 is 2.29 bits per heavy atom. The van der Waals surface area contributed by atoms with Crippen LogP contribution in [0.5, 0.6) is 0 Å². The molecular weight excluding hydrogens is 317 g/mol. The van der Waals surface area contributed by atoms with Crippen molar-refractivity contribution in [3.63, 3.8) is 0 Å². The van der Waals surface area contributed by atoms with Crippen molar-refractivity contribution in [3.8, 4) is 0 Å². The zero-order chi connectivity index (χ0) is 17.1. The van der Waals surface area contributed by atoms with Crippen molar-refractivity contribution in [1.29, 1.82) is 0 Å². The molecule has 0 fully saturated rings. The number of hydrogen-bond donors (Lipinski definition) is 2. The molecule has 7 heteroatoms. The van der Waals surface area contributed by atoms with Gasteiger partial charge in [-0.25, -0.2) is 18.2 Å². The largest absolute Gasteiger partial charge is 0.338 e. The summed E-state index contributed by atoms with van der Waals surface area (Å²) in [4.78, 5) is 8.31. The average Bonchev–Trinajstić information content (AvgIpc) is 2.52. The summed E-state index contributed by atoms with van der Waals surface area (Å²) < 4.78 is 40.4. The summed E-state index contributed by atoms with van der Waals surface area (Å²) in [6.07, 6.45) is 0. The Labute approximate surface area is 136 Å². The molecule has 0 atom stereocenters. The number of halogens is 3. The first-order valence-corrected chi connectivity index (χ1v) is 7.10. The Bertz CT molecular complexity index is 883. The monoisotopic (exact) mass is 330 g/mol. The van der Waals surface area contributed by atoms with Gasteiger partial charge in [0.1, 0.15) is 23.3 Å². The van der Waals surface area contributed by atoms with Gasteiger partial charge in [0, 0.05) is 17.8 Å². The highest BCUT2D eigenvalue weighted by Crippen LogP contribution is 2.22. The predicted molar refractivity (Wildman–Crippen MR) is 86.1 cm³/mol. The van der Waals surface area contributed by atoms with E-state index in [9.17, 15) is 13.2 Å². The van der Waals surface area contributed by atoms with Gasteiger partial charge in [-0.3, -0.25) is 0 Å². The summed E-state index contributed by atoms with van der Waals surface area (Å²) in [6, 6.07) is 10.9. The maximum absolute atomic E-state index is 13.7. The van der Waals surface area contributed by atoms with E-state index in [4.69, 9.17) is 0 Å². The molecule has 1 aromatic heterocycles. The molecule has 0 radical (unpaired) electrons. The summed E-state index contributed by atoms with van der Waals surface area (Å²) in [7, 11) is 0. The Morgan fingerprint density at radius 1 is 0.792 bits per heavy atom. The second-order valence-corrected chi connectivity index (χ2v) is 5.07. The number of para-hydroxylation sites is 1. The van der Waals surface area contributed by atoms with Crippen LogP contribution in [0, 0.1) is 24.4 Å². The van der Waals surface area contributed by atoms with Crippen molar-refractivity contribution in [2.24, 2.45) is 0 Å². The van der Waals surface area contributed by atoms with Gasteiger partial charge < -0.3 is 10.6 Å². The summed E-state index contributed by atoms with van der Waals surface area (Å²) in [5, 5.41) is 5.53. The molecule has 0 aliphatic rings. The molecule has 2 aromatic carbocycles. The fraction of sp³-hybridized carbons (Fsp3) is 0.0588. The first kappa shape index (κ1) is 15.8. The van der Waals surface area contributed by atoms with E-state index in [1.165, 1.54) is 12.1 Å². The standard InChI is InChI=1S/C17H13F3N4/c1-10-8-16(22-14-5-3-2-4-12(14)19)24-17(21-10)23-15-7-6-11(18)9-13(15)20/h2-9H,1H3,(H2,21,22,23,24). The molecule has 0 saturated carbocycles. The van der Waals surface area contributed by atoms with Crippen LogP contribution in [0.4, 0.5) is 36.3 Å². The number of nitrogens with zero attached hydrogens (tertiary/aromatic N) is 2. The highest BCUT2D eigenvalue weighted by atomic mass is 19.1. The molecule has 122 valence electrons. The fourth-order valence-electron chi connectivity index (χ4n) is 2.10. The number of aromatic nitrogens is 2. The Balaban J connectivity index is 1.87. The van der Waals surface area contributed by atoms with E-state index in [0.717, 1.165) is 12.1 Å². The third-order valence-electron chi connectivity index (χ3n) is 3.17. The summed E-state index contributed by atoms with van der Waals surface area (Å²) in [5.74, 6) is -1.40. The highest BCUT2D eigenvalue weighted by Gasteiger charge is 2.09. The molecule has 0 unspecified atom stereocenters. The van der Waals surface area contributed by atoms with Gasteiger partial charge in [0.2, 0.25) is 5.95 Å². The number of anilines is 4. The van der Waals surface area contributed by atoms with E-state index >= 15 is 0 Å². The first-order valence-electron chi connectivity index (χ1n) is 7.10. The molecule has 0 spiro atoms. The maximum atomic E-state index is 13.7. The van der Waals surface area contributed by atoms with Gasteiger partial charge in [0.15, 0.2) is 0 Å². The van der Waals surface area contributed by atoms with Crippen LogP contribution in [0.2, 0.25) is 0 Å². The minimum Gasteiger partial charge on any atom is -0.338 e. The van der Waals surface area contributed by atoms with Gasteiger partial charge in [-0.05, 0) is 31.2 Å². The fourth-order valence-corrected chi connectivity index (χ4v) is 2.10. The van der Waals surface area contributed by atoms with Gasteiger partial charge in [0.05, 0.1) is 11.4 Å². The molecule has 0 aliphatic heterocycles. The van der Waals surface area contributed by atoms with E-state index < -0.39 is 17.5 Å².